The van der Waals surface area contributed by atoms with E-state index in [0.717, 1.165) is 35.7 Å². The fourth-order valence-electron chi connectivity index (χ4n) is 1.73. The van der Waals surface area contributed by atoms with Crippen LogP contribution >= 0.6 is 11.8 Å². The molecule has 0 fully saturated rings. The summed E-state index contributed by atoms with van der Waals surface area (Å²) in [5.41, 5.74) is 0. The molecule has 0 bridgehead atoms. The number of hydrogen-bond donors (Lipinski definition) is 2. The van der Waals surface area contributed by atoms with Crippen molar-refractivity contribution in [2.24, 2.45) is 0 Å². The van der Waals surface area contributed by atoms with Gasteiger partial charge in [0, 0.05) is 19.2 Å². The number of rotatable bonds is 7. The van der Waals surface area contributed by atoms with Gasteiger partial charge in [0.15, 0.2) is 11.0 Å². The second-order valence-corrected chi connectivity index (χ2v) is 4.82. The maximum absolute atomic E-state index is 4.43. The second-order valence-electron chi connectivity index (χ2n) is 4.04. The molecule has 2 aromatic heterocycles. The molecular formula is C12H19N7S. The van der Waals surface area contributed by atoms with E-state index in [9.17, 15) is 0 Å². The Balaban J connectivity index is 2.10. The predicted octanol–water partition coefficient (Wildman–Crippen LogP) is 1.85. The highest BCUT2D eigenvalue weighted by molar-refractivity contribution is 7.98. The molecule has 0 saturated heterocycles. The molecule has 20 heavy (non-hydrogen) atoms. The van der Waals surface area contributed by atoms with Gasteiger partial charge in [-0.05, 0) is 20.1 Å². The van der Waals surface area contributed by atoms with Crippen molar-refractivity contribution in [1.82, 2.24) is 24.7 Å². The quantitative estimate of drug-likeness (QED) is 0.595. The molecule has 108 valence electrons. The van der Waals surface area contributed by atoms with Gasteiger partial charge in [-0.3, -0.25) is 0 Å². The molecule has 0 aliphatic rings. The minimum Gasteiger partial charge on any atom is -0.370 e. The first-order valence-electron chi connectivity index (χ1n) is 6.54. The number of anilines is 2. The molecule has 0 amide bonds. The smallest absolute Gasteiger partial charge is 0.191 e. The zero-order valence-corrected chi connectivity index (χ0v) is 12.7. The number of thioether (sulfide) groups is 1. The van der Waals surface area contributed by atoms with E-state index < -0.39 is 0 Å². The van der Waals surface area contributed by atoms with Crippen LogP contribution in [0.5, 0.6) is 0 Å². The average molecular weight is 293 g/mol. The van der Waals surface area contributed by atoms with Gasteiger partial charge in [-0.2, -0.15) is 0 Å². The van der Waals surface area contributed by atoms with Gasteiger partial charge in [0.25, 0.3) is 0 Å². The molecule has 7 nitrogen and oxygen atoms in total. The summed E-state index contributed by atoms with van der Waals surface area (Å²) in [6.07, 6.45) is 3.69. The van der Waals surface area contributed by atoms with E-state index in [4.69, 9.17) is 0 Å². The van der Waals surface area contributed by atoms with E-state index in [1.807, 2.05) is 23.8 Å². The number of nitrogens with one attached hydrogen (secondary N) is 2. The molecule has 0 atom stereocenters. The highest BCUT2D eigenvalue weighted by Crippen LogP contribution is 2.17. The predicted molar refractivity (Wildman–Crippen MR) is 81.0 cm³/mol. The van der Waals surface area contributed by atoms with Gasteiger partial charge in [0.05, 0.1) is 6.54 Å². The second kappa shape index (κ2) is 7.09. The molecule has 2 aromatic rings. The lowest BCUT2D eigenvalue weighted by Crippen LogP contribution is -2.10. The molecule has 2 rings (SSSR count). The van der Waals surface area contributed by atoms with Crippen LogP contribution in [-0.2, 0) is 13.1 Å². The van der Waals surface area contributed by atoms with Crippen LogP contribution in [0.1, 0.15) is 19.7 Å². The van der Waals surface area contributed by atoms with Gasteiger partial charge >= 0.3 is 0 Å². The number of aromatic nitrogens is 5. The standard InChI is InChI=1S/C12H19N7S/c1-4-13-9-6-10(17-12(16-9)20-3)14-7-11-18-15-8-19(11)5-2/h6,8H,4-5,7H2,1-3H3,(H2,13,14,16,17). The highest BCUT2D eigenvalue weighted by Gasteiger charge is 2.06. The van der Waals surface area contributed by atoms with Crippen molar-refractivity contribution in [2.45, 2.75) is 32.1 Å². The number of nitrogens with zero attached hydrogens (tertiary/aromatic N) is 5. The fourth-order valence-corrected chi connectivity index (χ4v) is 2.11. The summed E-state index contributed by atoms with van der Waals surface area (Å²) >= 11 is 1.52. The van der Waals surface area contributed by atoms with E-state index in [-0.39, 0.29) is 0 Å². The molecule has 0 aliphatic carbocycles. The Hall–Kier alpha value is -1.83. The summed E-state index contributed by atoms with van der Waals surface area (Å²) in [7, 11) is 0. The van der Waals surface area contributed by atoms with Crippen LogP contribution in [0.2, 0.25) is 0 Å². The Morgan fingerprint density at radius 1 is 1.20 bits per heavy atom. The Morgan fingerprint density at radius 2 is 1.95 bits per heavy atom. The Morgan fingerprint density at radius 3 is 2.60 bits per heavy atom. The third kappa shape index (κ3) is 3.60. The minimum absolute atomic E-state index is 0.588. The maximum atomic E-state index is 4.43. The minimum atomic E-state index is 0.588. The molecule has 0 saturated carbocycles. The lowest BCUT2D eigenvalue weighted by molar-refractivity contribution is 0.706. The summed E-state index contributed by atoms with van der Waals surface area (Å²) < 4.78 is 1.99. The van der Waals surface area contributed by atoms with Gasteiger partial charge < -0.3 is 15.2 Å². The summed E-state index contributed by atoms with van der Waals surface area (Å²) in [6.45, 7) is 6.37. The van der Waals surface area contributed by atoms with E-state index in [0.29, 0.717) is 6.54 Å². The molecule has 0 radical (unpaired) electrons. The molecular weight excluding hydrogens is 274 g/mol. The van der Waals surface area contributed by atoms with Crippen LogP contribution in [0.3, 0.4) is 0 Å². The molecule has 2 N–H and O–H groups in total. The van der Waals surface area contributed by atoms with Crippen LogP contribution in [0.4, 0.5) is 11.6 Å². The third-order valence-corrected chi connectivity index (χ3v) is 3.26. The van der Waals surface area contributed by atoms with Crippen LogP contribution in [-0.4, -0.2) is 37.5 Å². The molecule has 0 aromatic carbocycles. The van der Waals surface area contributed by atoms with E-state index in [1.54, 1.807) is 6.33 Å². The van der Waals surface area contributed by atoms with Crippen molar-refractivity contribution >= 4 is 23.4 Å². The lowest BCUT2D eigenvalue weighted by atomic mass is 10.4. The van der Waals surface area contributed by atoms with E-state index in [1.165, 1.54) is 11.8 Å². The van der Waals surface area contributed by atoms with Crippen LogP contribution in [0.25, 0.3) is 0 Å². The zero-order valence-electron chi connectivity index (χ0n) is 11.9. The number of aryl methyl sites for hydroxylation is 1. The van der Waals surface area contributed by atoms with Crippen molar-refractivity contribution in [3.63, 3.8) is 0 Å². The van der Waals surface area contributed by atoms with E-state index in [2.05, 4.69) is 37.7 Å². The molecule has 0 spiro atoms. The van der Waals surface area contributed by atoms with Crippen LogP contribution in [0, 0.1) is 0 Å². The third-order valence-electron chi connectivity index (χ3n) is 2.71. The van der Waals surface area contributed by atoms with Gasteiger partial charge in [-0.15, -0.1) is 10.2 Å². The van der Waals surface area contributed by atoms with Crippen molar-refractivity contribution in [2.75, 3.05) is 23.4 Å². The van der Waals surface area contributed by atoms with Crippen molar-refractivity contribution in [1.29, 1.82) is 0 Å². The van der Waals surface area contributed by atoms with Crippen LogP contribution < -0.4 is 10.6 Å². The van der Waals surface area contributed by atoms with Gasteiger partial charge in [-0.25, -0.2) is 9.97 Å². The topological polar surface area (TPSA) is 80.5 Å². The summed E-state index contributed by atoms with van der Waals surface area (Å²) in [5, 5.41) is 15.2. The maximum Gasteiger partial charge on any atom is 0.191 e. The Labute approximate surface area is 122 Å². The fraction of sp³-hybridized carbons (Fsp3) is 0.500. The Kier molecular flexibility index (Phi) is 5.16. The first-order chi connectivity index (χ1) is 9.76. The molecule has 0 aliphatic heterocycles. The molecule has 0 unspecified atom stereocenters. The largest absolute Gasteiger partial charge is 0.370 e. The first kappa shape index (κ1) is 14.6. The summed E-state index contributed by atoms with van der Waals surface area (Å²) in [5.74, 6) is 2.50. The SMILES string of the molecule is CCNc1cc(NCc2nncn2CC)nc(SC)n1. The number of hydrogen-bond acceptors (Lipinski definition) is 7. The average Bonchev–Trinajstić information content (AvgIpc) is 2.92. The zero-order chi connectivity index (χ0) is 14.4. The van der Waals surface area contributed by atoms with Gasteiger partial charge in [0.1, 0.15) is 18.0 Å². The van der Waals surface area contributed by atoms with Crippen molar-refractivity contribution in [3.05, 3.63) is 18.2 Å². The van der Waals surface area contributed by atoms with Gasteiger partial charge in [0.2, 0.25) is 0 Å². The molecule has 2 heterocycles. The summed E-state index contributed by atoms with van der Waals surface area (Å²) in [6, 6.07) is 1.90. The lowest BCUT2D eigenvalue weighted by Gasteiger charge is -2.09. The highest BCUT2D eigenvalue weighted by atomic mass is 32.2. The first-order valence-corrected chi connectivity index (χ1v) is 7.76. The van der Waals surface area contributed by atoms with Crippen molar-refractivity contribution < 1.29 is 0 Å². The monoisotopic (exact) mass is 293 g/mol. The normalized spacial score (nSPS) is 10.6. The summed E-state index contributed by atoms with van der Waals surface area (Å²) in [4.78, 5) is 8.82. The van der Waals surface area contributed by atoms with E-state index >= 15 is 0 Å². The Bertz CT molecular complexity index is 554. The van der Waals surface area contributed by atoms with Crippen LogP contribution in [0.15, 0.2) is 17.6 Å². The molecule has 8 heteroatoms. The van der Waals surface area contributed by atoms with Gasteiger partial charge in [-0.1, -0.05) is 11.8 Å². The van der Waals surface area contributed by atoms with Crippen molar-refractivity contribution in [3.8, 4) is 0 Å².